The summed E-state index contributed by atoms with van der Waals surface area (Å²) in [5.41, 5.74) is 5.53. The van der Waals surface area contributed by atoms with E-state index < -0.39 is 0 Å². The largest absolute Gasteiger partial charge is 0.493 e. The van der Waals surface area contributed by atoms with Gasteiger partial charge in [0.05, 0.1) is 6.61 Å². The van der Waals surface area contributed by atoms with E-state index in [1.807, 2.05) is 6.92 Å². The number of hydrogen-bond donors (Lipinski definition) is 0. The summed E-state index contributed by atoms with van der Waals surface area (Å²) in [6, 6.07) is 15.1. The van der Waals surface area contributed by atoms with Crippen molar-refractivity contribution in [2.24, 2.45) is 0 Å². The molecule has 0 saturated heterocycles. The smallest absolute Gasteiger partial charge is 0.119 e. The van der Waals surface area contributed by atoms with Crippen LogP contribution in [0.4, 0.5) is 0 Å². The van der Waals surface area contributed by atoms with E-state index in [4.69, 9.17) is 4.74 Å². The molecule has 0 atom stereocenters. The normalized spacial score (nSPS) is 12.5. The third kappa shape index (κ3) is 2.41. The van der Waals surface area contributed by atoms with Gasteiger partial charge in [0.25, 0.3) is 0 Å². The van der Waals surface area contributed by atoms with Crippen LogP contribution in [-0.2, 0) is 6.42 Å². The molecule has 0 amide bonds. The van der Waals surface area contributed by atoms with Crippen LogP contribution in [0.1, 0.15) is 24.5 Å². The van der Waals surface area contributed by atoms with Crippen LogP contribution in [0, 0.1) is 0 Å². The fraction of sp³-hybridized carbons (Fsp3) is 0.222. The summed E-state index contributed by atoms with van der Waals surface area (Å²) in [5.74, 6) is 0.982. The third-order valence-corrected chi connectivity index (χ3v) is 3.55. The van der Waals surface area contributed by atoms with E-state index in [0.717, 1.165) is 25.2 Å². The maximum atomic E-state index is 5.78. The van der Waals surface area contributed by atoms with Crippen LogP contribution in [0.15, 0.2) is 54.6 Å². The minimum absolute atomic E-state index is 0.746. The van der Waals surface area contributed by atoms with Gasteiger partial charge in [-0.2, -0.15) is 0 Å². The molecular weight excluding hydrogens is 232 g/mol. The molecule has 96 valence electrons. The highest BCUT2D eigenvalue weighted by atomic mass is 16.5. The number of fused-ring (bicyclic) bond motifs is 3. The number of hydrogen-bond acceptors (Lipinski definition) is 1. The first-order chi connectivity index (χ1) is 9.38. The van der Waals surface area contributed by atoms with E-state index in [1.165, 1.54) is 22.3 Å². The van der Waals surface area contributed by atoms with Gasteiger partial charge in [-0.05, 0) is 54.2 Å². The summed E-state index contributed by atoms with van der Waals surface area (Å²) >= 11 is 0. The molecule has 1 aliphatic carbocycles. The van der Waals surface area contributed by atoms with E-state index in [1.54, 1.807) is 0 Å². The molecule has 0 spiro atoms. The second-order valence-electron chi connectivity index (χ2n) is 4.86. The van der Waals surface area contributed by atoms with Crippen LogP contribution < -0.4 is 4.74 Å². The average molecular weight is 250 g/mol. The Kier molecular flexibility index (Phi) is 3.37. The van der Waals surface area contributed by atoms with Crippen molar-refractivity contribution >= 4 is 0 Å². The molecule has 0 fully saturated rings. The van der Waals surface area contributed by atoms with Crippen molar-refractivity contribution in [1.29, 1.82) is 0 Å². The van der Waals surface area contributed by atoms with E-state index in [9.17, 15) is 0 Å². The van der Waals surface area contributed by atoms with Crippen molar-refractivity contribution < 1.29 is 4.74 Å². The Labute approximate surface area is 114 Å². The zero-order valence-corrected chi connectivity index (χ0v) is 11.2. The molecule has 1 heteroatoms. The van der Waals surface area contributed by atoms with Gasteiger partial charge in [0, 0.05) is 0 Å². The lowest BCUT2D eigenvalue weighted by Crippen LogP contribution is -1.96. The van der Waals surface area contributed by atoms with Gasteiger partial charge < -0.3 is 4.74 Å². The van der Waals surface area contributed by atoms with Gasteiger partial charge in [0.15, 0.2) is 0 Å². The van der Waals surface area contributed by atoms with Gasteiger partial charge in [-0.25, -0.2) is 0 Å². The average Bonchev–Trinajstić information content (AvgIpc) is 2.81. The Bertz CT molecular complexity index is 611. The lowest BCUT2D eigenvalue weighted by Gasteiger charge is -2.07. The van der Waals surface area contributed by atoms with Crippen LogP contribution in [0.2, 0.25) is 0 Å². The number of allylic oxidation sites excluding steroid dienone is 1. The summed E-state index contributed by atoms with van der Waals surface area (Å²) in [6.45, 7) is 2.78. The molecule has 1 aliphatic rings. The van der Waals surface area contributed by atoms with Gasteiger partial charge >= 0.3 is 0 Å². The molecular formula is C18H18O. The highest BCUT2D eigenvalue weighted by molar-refractivity contribution is 5.77. The monoisotopic (exact) mass is 250 g/mol. The molecule has 0 unspecified atom stereocenters. The summed E-state index contributed by atoms with van der Waals surface area (Å²) in [5, 5.41) is 0. The van der Waals surface area contributed by atoms with Crippen LogP contribution in [-0.4, -0.2) is 6.61 Å². The van der Waals surface area contributed by atoms with E-state index in [0.29, 0.717) is 0 Å². The Balaban J connectivity index is 1.78. The molecule has 0 aliphatic heterocycles. The lowest BCUT2D eigenvalue weighted by atomic mass is 10.1. The second kappa shape index (κ2) is 5.31. The predicted octanol–water partition coefficient (Wildman–Crippen LogP) is 4.60. The fourth-order valence-corrected chi connectivity index (χ4v) is 2.62. The zero-order valence-electron chi connectivity index (χ0n) is 11.2. The fourth-order valence-electron chi connectivity index (χ4n) is 2.62. The minimum Gasteiger partial charge on any atom is -0.493 e. The van der Waals surface area contributed by atoms with Gasteiger partial charge in [-0.3, -0.25) is 0 Å². The van der Waals surface area contributed by atoms with Gasteiger partial charge in [0.1, 0.15) is 5.75 Å². The minimum atomic E-state index is 0.746. The highest BCUT2D eigenvalue weighted by Gasteiger charge is 2.17. The van der Waals surface area contributed by atoms with Crippen molar-refractivity contribution in [2.75, 3.05) is 6.61 Å². The van der Waals surface area contributed by atoms with Gasteiger partial charge in [-0.1, -0.05) is 42.5 Å². The molecule has 19 heavy (non-hydrogen) atoms. The zero-order chi connectivity index (χ0) is 13.1. The van der Waals surface area contributed by atoms with Crippen molar-refractivity contribution in [3.63, 3.8) is 0 Å². The summed E-state index contributed by atoms with van der Waals surface area (Å²) in [4.78, 5) is 0. The molecule has 3 rings (SSSR count). The lowest BCUT2D eigenvalue weighted by molar-refractivity contribution is 0.324. The maximum absolute atomic E-state index is 5.78. The topological polar surface area (TPSA) is 9.23 Å². The Morgan fingerprint density at radius 1 is 1.05 bits per heavy atom. The van der Waals surface area contributed by atoms with Crippen LogP contribution in [0.5, 0.6) is 5.75 Å². The molecule has 0 N–H and O–H groups in total. The van der Waals surface area contributed by atoms with Crippen LogP contribution in [0.25, 0.3) is 11.1 Å². The standard InChI is InChI=1S/C18H18O/c1-2-3-6-11-19-16-9-10-18-15(13-16)12-14-7-4-5-8-17(14)18/h2-5,7-10,13H,6,11-12H2,1H3. The summed E-state index contributed by atoms with van der Waals surface area (Å²) in [6.07, 6.45) is 6.18. The SMILES string of the molecule is CC=CCCOc1ccc2c(c1)Cc1ccccc1-2. The molecule has 0 aromatic heterocycles. The van der Waals surface area contributed by atoms with Crippen molar-refractivity contribution in [1.82, 2.24) is 0 Å². The van der Waals surface area contributed by atoms with Crippen LogP contribution in [0.3, 0.4) is 0 Å². The van der Waals surface area contributed by atoms with E-state index >= 15 is 0 Å². The van der Waals surface area contributed by atoms with E-state index in [-0.39, 0.29) is 0 Å². The molecule has 0 saturated carbocycles. The molecule has 0 radical (unpaired) electrons. The quantitative estimate of drug-likeness (QED) is 0.485. The Hall–Kier alpha value is -2.02. The van der Waals surface area contributed by atoms with Gasteiger partial charge in [0.2, 0.25) is 0 Å². The number of rotatable bonds is 4. The molecule has 0 heterocycles. The Morgan fingerprint density at radius 3 is 2.79 bits per heavy atom. The molecule has 1 nitrogen and oxygen atoms in total. The van der Waals surface area contributed by atoms with Crippen molar-refractivity contribution in [2.45, 2.75) is 19.8 Å². The maximum Gasteiger partial charge on any atom is 0.119 e. The Morgan fingerprint density at radius 2 is 1.89 bits per heavy atom. The third-order valence-electron chi connectivity index (χ3n) is 3.55. The summed E-state index contributed by atoms with van der Waals surface area (Å²) < 4.78 is 5.78. The summed E-state index contributed by atoms with van der Waals surface area (Å²) in [7, 11) is 0. The number of ether oxygens (including phenoxy) is 1. The highest BCUT2D eigenvalue weighted by Crippen LogP contribution is 2.37. The first-order valence-electron chi connectivity index (χ1n) is 6.83. The second-order valence-corrected chi connectivity index (χ2v) is 4.86. The van der Waals surface area contributed by atoms with Gasteiger partial charge in [-0.15, -0.1) is 0 Å². The van der Waals surface area contributed by atoms with Crippen LogP contribution >= 0.6 is 0 Å². The molecule has 0 bridgehead atoms. The predicted molar refractivity (Wildman–Crippen MR) is 79.6 cm³/mol. The van der Waals surface area contributed by atoms with Crippen molar-refractivity contribution in [3.05, 3.63) is 65.7 Å². The van der Waals surface area contributed by atoms with Crippen molar-refractivity contribution in [3.8, 4) is 16.9 Å². The number of benzene rings is 2. The first kappa shape index (κ1) is 12.0. The molecule has 2 aromatic rings. The molecule has 2 aromatic carbocycles. The first-order valence-corrected chi connectivity index (χ1v) is 6.83. The van der Waals surface area contributed by atoms with E-state index in [2.05, 4.69) is 54.6 Å².